The largest absolute Gasteiger partial charge is 0.339 e. The maximum Gasteiger partial charge on any atom is 0.317 e. The zero-order chi connectivity index (χ0) is 16.2. The molecule has 1 aliphatic heterocycles. The average Bonchev–Trinajstić information content (AvgIpc) is 2.52. The third kappa shape index (κ3) is 4.89. The van der Waals surface area contributed by atoms with Crippen LogP contribution in [0.1, 0.15) is 52.9 Å². The zero-order valence-corrected chi connectivity index (χ0v) is 14.4. The van der Waals surface area contributed by atoms with Crippen LogP contribution in [-0.4, -0.2) is 54.5 Å². The van der Waals surface area contributed by atoms with Crippen LogP contribution in [0.3, 0.4) is 0 Å². The summed E-state index contributed by atoms with van der Waals surface area (Å²) in [7, 11) is 0. The number of urea groups is 1. The predicted molar refractivity (Wildman–Crippen MR) is 87.6 cm³/mol. The first-order valence-corrected chi connectivity index (χ1v) is 8.68. The number of rotatable bonds is 2. The van der Waals surface area contributed by atoms with E-state index >= 15 is 0 Å². The molecule has 0 aromatic carbocycles. The van der Waals surface area contributed by atoms with Crippen molar-refractivity contribution in [3.63, 3.8) is 0 Å². The lowest BCUT2D eigenvalue weighted by Gasteiger charge is -2.37. The second-order valence-corrected chi connectivity index (χ2v) is 7.87. The van der Waals surface area contributed by atoms with Gasteiger partial charge in [0.25, 0.3) is 0 Å². The second kappa shape index (κ2) is 7.34. The van der Waals surface area contributed by atoms with Crippen LogP contribution in [0.25, 0.3) is 0 Å². The molecule has 0 spiro atoms. The Hall–Kier alpha value is -1.26. The molecule has 126 valence electrons. The summed E-state index contributed by atoms with van der Waals surface area (Å²) in [6, 6.07) is -0.000287. The number of piperazine rings is 1. The number of amides is 3. The molecule has 1 heterocycles. The Morgan fingerprint density at radius 2 is 1.50 bits per heavy atom. The van der Waals surface area contributed by atoms with Gasteiger partial charge in [0.15, 0.2) is 0 Å². The zero-order valence-electron chi connectivity index (χ0n) is 14.4. The van der Waals surface area contributed by atoms with E-state index in [4.69, 9.17) is 0 Å². The van der Waals surface area contributed by atoms with Crippen LogP contribution in [0.15, 0.2) is 0 Å². The summed E-state index contributed by atoms with van der Waals surface area (Å²) >= 11 is 0. The number of carbonyl (C=O) groups is 2. The molecule has 1 saturated heterocycles. The number of hydrogen-bond donors (Lipinski definition) is 1. The van der Waals surface area contributed by atoms with E-state index < -0.39 is 0 Å². The van der Waals surface area contributed by atoms with E-state index in [1.807, 2.05) is 9.80 Å². The number of carbonyl (C=O) groups excluding carboxylic acids is 2. The molecular formula is C17H31N3O2. The van der Waals surface area contributed by atoms with Crippen LogP contribution in [0.2, 0.25) is 0 Å². The van der Waals surface area contributed by atoms with E-state index in [2.05, 4.69) is 26.1 Å². The summed E-state index contributed by atoms with van der Waals surface area (Å²) in [5, 5.41) is 2.98. The van der Waals surface area contributed by atoms with Gasteiger partial charge in [0.05, 0.1) is 0 Å². The molecule has 2 rings (SSSR count). The quantitative estimate of drug-likeness (QED) is 0.852. The molecule has 3 amide bonds. The topological polar surface area (TPSA) is 52.7 Å². The Morgan fingerprint density at radius 1 is 0.955 bits per heavy atom. The molecule has 0 aromatic rings. The standard InChI is InChI=1S/C17H31N3O2/c1-17(2,3)13-18-16(22)20-11-9-19(10-12-20)15(21)14-7-5-4-6-8-14/h14H,4-13H2,1-3H3,(H,18,22). The van der Waals surface area contributed by atoms with Crippen molar-refractivity contribution < 1.29 is 9.59 Å². The number of nitrogens with one attached hydrogen (secondary N) is 1. The lowest BCUT2D eigenvalue weighted by Crippen LogP contribution is -2.54. The van der Waals surface area contributed by atoms with Gasteiger partial charge in [0.2, 0.25) is 5.91 Å². The Morgan fingerprint density at radius 3 is 2.05 bits per heavy atom. The minimum atomic E-state index is -0.000287. The molecule has 0 unspecified atom stereocenters. The summed E-state index contributed by atoms with van der Waals surface area (Å²) in [4.78, 5) is 28.4. The Labute approximate surface area is 134 Å². The first kappa shape index (κ1) is 17.1. The lowest BCUT2D eigenvalue weighted by atomic mass is 9.88. The van der Waals surface area contributed by atoms with Gasteiger partial charge in [-0.2, -0.15) is 0 Å². The van der Waals surface area contributed by atoms with E-state index in [-0.39, 0.29) is 17.4 Å². The van der Waals surface area contributed by atoms with Crippen LogP contribution in [0.5, 0.6) is 0 Å². The smallest absolute Gasteiger partial charge is 0.317 e. The van der Waals surface area contributed by atoms with Crippen LogP contribution in [0.4, 0.5) is 4.79 Å². The van der Waals surface area contributed by atoms with Gasteiger partial charge in [-0.1, -0.05) is 40.0 Å². The minimum Gasteiger partial charge on any atom is -0.339 e. The van der Waals surface area contributed by atoms with Crippen molar-refractivity contribution in [3.05, 3.63) is 0 Å². The highest BCUT2D eigenvalue weighted by Crippen LogP contribution is 2.25. The molecule has 22 heavy (non-hydrogen) atoms. The van der Waals surface area contributed by atoms with Crippen molar-refractivity contribution >= 4 is 11.9 Å². The second-order valence-electron chi connectivity index (χ2n) is 7.87. The first-order valence-electron chi connectivity index (χ1n) is 8.68. The highest BCUT2D eigenvalue weighted by atomic mass is 16.2. The maximum atomic E-state index is 12.5. The van der Waals surface area contributed by atoms with Gasteiger partial charge >= 0.3 is 6.03 Å². The van der Waals surface area contributed by atoms with Crippen molar-refractivity contribution in [2.45, 2.75) is 52.9 Å². The fraction of sp³-hybridized carbons (Fsp3) is 0.882. The van der Waals surface area contributed by atoms with Gasteiger partial charge in [-0.15, -0.1) is 0 Å². The lowest BCUT2D eigenvalue weighted by molar-refractivity contribution is -0.138. The molecule has 0 aromatic heterocycles. The number of nitrogens with zero attached hydrogens (tertiary/aromatic N) is 2. The van der Waals surface area contributed by atoms with Gasteiger partial charge in [0.1, 0.15) is 0 Å². The first-order chi connectivity index (χ1) is 10.4. The molecule has 2 fully saturated rings. The van der Waals surface area contributed by atoms with Crippen molar-refractivity contribution in [1.29, 1.82) is 0 Å². The van der Waals surface area contributed by atoms with Crippen LogP contribution in [0, 0.1) is 11.3 Å². The summed E-state index contributed by atoms with van der Waals surface area (Å²) in [6.45, 7) is 9.64. The Kier molecular flexibility index (Phi) is 5.70. The average molecular weight is 309 g/mol. The monoisotopic (exact) mass is 309 g/mol. The van der Waals surface area contributed by atoms with E-state index in [0.29, 0.717) is 38.6 Å². The van der Waals surface area contributed by atoms with Gasteiger partial charge in [-0.05, 0) is 18.3 Å². The normalized spacial score (nSPS) is 20.9. The third-order valence-corrected chi connectivity index (χ3v) is 4.60. The molecule has 5 heteroatoms. The van der Waals surface area contributed by atoms with Gasteiger partial charge < -0.3 is 15.1 Å². The molecule has 0 radical (unpaired) electrons. The molecule has 0 atom stereocenters. The van der Waals surface area contributed by atoms with Crippen molar-refractivity contribution in [2.75, 3.05) is 32.7 Å². The summed E-state index contributed by atoms with van der Waals surface area (Å²) in [5.74, 6) is 0.546. The number of hydrogen-bond acceptors (Lipinski definition) is 2. The fourth-order valence-electron chi connectivity index (χ4n) is 3.19. The van der Waals surface area contributed by atoms with Crippen LogP contribution < -0.4 is 5.32 Å². The molecule has 1 N–H and O–H groups in total. The van der Waals surface area contributed by atoms with Crippen molar-refractivity contribution in [2.24, 2.45) is 11.3 Å². The fourth-order valence-corrected chi connectivity index (χ4v) is 3.19. The Bertz CT molecular complexity index is 389. The molecule has 1 aliphatic carbocycles. The Balaban J connectivity index is 1.75. The van der Waals surface area contributed by atoms with E-state index in [0.717, 1.165) is 12.8 Å². The third-order valence-electron chi connectivity index (χ3n) is 4.60. The summed E-state index contributed by atoms with van der Waals surface area (Å²) in [6.07, 6.45) is 5.74. The highest BCUT2D eigenvalue weighted by molar-refractivity contribution is 5.79. The summed E-state index contributed by atoms with van der Waals surface area (Å²) < 4.78 is 0. The maximum absolute atomic E-state index is 12.5. The van der Waals surface area contributed by atoms with Crippen molar-refractivity contribution in [1.82, 2.24) is 15.1 Å². The molecule has 5 nitrogen and oxygen atoms in total. The molecule has 1 saturated carbocycles. The van der Waals surface area contributed by atoms with E-state index in [9.17, 15) is 9.59 Å². The van der Waals surface area contributed by atoms with E-state index in [1.165, 1.54) is 19.3 Å². The minimum absolute atomic E-state index is 0.000287. The van der Waals surface area contributed by atoms with Gasteiger partial charge in [-0.25, -0.2) is 4.79 Å². The van der Waals surface area contributed by atoms with Crippen LogP contribution in [-0.2, 0) is 4.79 Å². The molecule has 0 bridgehead atoms. The van der Waals surface area contributed by atoms with Crippen molar-refractivity contribution in [3.8, 4) is 0 Å². The molecule has 2 aliphatic rings. The highest BCUT2D eigenvalue weighted by Gasteiger charge is 2.29. The van der Waals surface area contributed by atoms with Gasteiger partial charge in [-0.3, -0.25) is 4.79 Å². The van der Waals surface area contributed by atoms with E-state index in [1.54, 1.807) is 0 Å². The SMILES string of the molecule is CC(C)(C)CNC(=O)N1CCN(C(=O)C2CCCCC2)CC1. The summed E-state index contributed by atoms with van der Waals surface area (Å²) in [5.41, 5.74) is 0.0917. The molecular weight excluding hydrogens is 278 g/mol. The van der Waals surface area contributed by atoms with Gasteiger partial charge in [0, 0.05) is 38.6 Å². The van der Waals surface area contributed by atoms with Crippen LogP contribution >= 0.6 is 0 Å². The predicted octanol–water partition coefficient (Wildman–Crippen LogP) is 2.47.